The topological polar surface area (TPSA) is 37.8 Å². The first-order valence-corrected chi connectivity index (χ1v) is 5.53. The first-order valence-electron chi connectivity index (χ1n) is 5.53. The van der Waals surface area contributed by atoms with Gasteiger partial charge in [0.05, 0.1) is 11.7 Å². The number of halogens is 2. The Hall–Kier alpha value is -1.88. The predicted octanol–water partition coefficient (Wildman–Crippen LogP) is 2.37. The summed E-state index contributed by atoms with van der Waals surface area (Å²) < 4.78 is 26.1. The van der Waals surface area contributed by atoms with Crippen molar-refractivity contribution in [1.82, 2.24) is 15.3 Å². The standard InChI is InChI=1S/C13H13F2N3/c1-8-17-6-5-12(18-8)13(16-2)9-3-4-10(14)11(15)7-9/h3-7,13,16H,1-2H3. The molecule has 0 amide bonds. The maximum absolute atomic E-state index is 13.2. The summed E-state index contributed by atoms with van der Waals surface area (Å²) in [6, 6.07) is 5.28. The Labute approximate surface area is 104 Å². The van der Waals surface area contributed by atoms with Crippen molar-refractivity contribution in [3.05, 3.63) is 59.2 Å². The number of hydrogen-bond donors (Lipinski definition) is 1. The average molecular weight is 249 g/mol. The molecular weight excluding hydrogens is 236 g/mol. The molecule has 2 aromatic rings. The Morgan fingerprint density at radius 3 is 2.56 bits per heavy atom. The highest BCUT2D eigenvalue weighted by molar-refractivity contribution is 5.28. The molecule has 3 nitrogen and oxygen atoms in total. The fourth-order valence-electron chi connectivity index (χ4n) is 1.81. The molecule has 0 aliphatic carbocycles. The number of nitrogens with zero attached hydrogens (tertiary/aromatic N) is 2. The number of aromatic nitrogens is 2. The van der Waals surface area contributed by atoms with E-state index in [0.717, 1.165) is 11.8 Å². The second-order valence-corrected chi connectivity index (χ2v) is 3.92. The molecule has 0 aliphatic rings. The number of benzene rings is 1. The van der Waals surface area contributed by atoms with Gasteiger partial charge in [-0.05, 0) is 37.7 Å². The third-order valence-corrected chi connectivity index (χ3v) is 2.66. The summed E-state index contributed by atoms with van der Waals surface area (Å²) in [5.41, 5.74) is 1.34. The molecule has 0 bridgehead atoms. The van der Waals surface area contributed by atoms with Crippen molar-refractivity contribution < 1.29 is 8.78 Å². The molecule has 1 aromatic heterocycles. The molecule has 18 heavy (non-hydrogen) atoms. The van der Waals surface area contributed by atoms with E-state index in [1.165, 1.54) is 12.1 Å². The van der Waals surface area contributed by atoms with Crippen LogP contribution in [0.1, 0.15) is 23.1 Å². The summed E-state index contributed by atoms with van der Waals surface area (Å²) >= 11 is 0. The normalized spacial score (nSPS) is 12.4. The van der Waals surface area contributed by atoms with Gasteiger partial charge in [0.2, 0.25) is 0 Å². The van der Waals surface area contributed by atoms with Gasteiger partial charge >= 0.3 is 0 Å². The van der Waals surface area contributed by atoms with E-state index in [0.29, 0.717) is 11.4 Å². The van der Waals surface area contributed by atoms with Crippen LogP contribution in [-0.2, 0) is 0 Å². The molecule has 2 rings (SSSR count). The van der Waals surface area contributed by atoms with Crippen LogP contribution in [0.25, 0.3) is 0 Å². The molecule has 0 spiro atoms. The first-order chi connectivity index (χ1) is 8.61. The summed E-state index contributed by atoms with van der Waals surface area (Å²) in [6.45, 7) is 1.78. The molecule has 0 fully saturated rings. The molecule has 1 atom stereocenters. The Morgan fingerprint density at radius 1 is 1.17 bits per heavy atom. The van der Waals surface area contributed by atoms with E-state index in [9.17, 15) is 8.78 Å². The van der Waals surface area contributed by atoms with Crippen molar-refractivity contribution in [3.63, 3.8) is 0 Å². The Kier molecular flexibility index (Phi) is 3.62. The van der Waals surface area contributed by atoms with Crippen molar-refractivity contribution in [2.24, 2.45) is 0 Å². The van der Waals surface area contributed by atoms with Gasteiger partial charge in [0.15, 0.2) is 11.6 Å². The minimum absolute atomic E-state index is 0.290. The van der Waals surface area contributed by atoms with Crippen LogP contribution in [0, 0.1) is 18.6 Å². The molecule has 0 radical (unpaired) electrons. The van der Waals surface area contributed by atoms with Gasteiger partial charge in [0.25, 0.3) is 0 Å². The van der Waals surface area contributed by atoms with Gasteiger partial charge in [-0.25, -0.2) is 18.7 Å². The van der Waals surface area contributed by atoms with Crippen molar-refractivity contribution in [3.8, 4) is 0 Å². The largest absolute Gasteiger partial charge is 0.308 e. The van der Waals surface area contributed by atoms with E-state index >= 15 is 0 Å². The van der Waals surface area contributed by atoms with E-state index in [4.69, 9.17) is 0 Å². The number of hydrogen-bond acceptors (Lipinski definition) is 3. The van der Waals surface area contributed by atoms with Crippen LogP contribution in [0.4, 0.5) is 8.78 Å². The zero-order valence-corrected chi connectivity index (χ0v) is 10.1. The molecule has 1 unspecified atom stereocenters. The maximum Gasteiger partial charge on any atom is 0.159 e. The lowest BCUT2D eigenvalue weighted by Gasteiger charge is -2.16. The van der Waals surface area contributed by atoms with Crippen molar-refractivity contribution in [1.29, 1.82) is 0 Å². The van der Waals surface area contributed by atoms with Crippen LogP contribution < -0.4 is 5.32 Å². The third kappa shape index (κ3) is 2.51. The molecule has 1 heterocycles. The Morgan fingerprint density at radius 2 is 1.94 bits per heavy atom. The van der Waals surface area contributed by atoms with Gasteiger partial charge < -0.3 is 5.32 Å². The summed E-state index contributed by atoms with van der Waals surface area (Å²) in [7, 11) is 1.74. The molecule has 94 valence electrons. The third-order valence-electron chi connectivity index (χ3n) is 2.66. The highest BCUT2D eigenvalue weighted by Gasteiger charge is 2.15. The number of rotatable bonds is 3. The molecule has 0 saturated carbocycles. The molecule has 0 aliphatic heterocycles. The highest BCUT2D eigenvalue weighted by atomic mass is 19.2. The Balaban J connectivity index is 2.42. The minimum atomic E-state index is -0.862. The molecule has 5 heteroatoms. The summed E-state index contributed by atoms with van der Waals surface area (Å²) in [4.78, 5) is 8.29. The van der Waals surface area contributed by atoms with Gasteiger partial charge in [-0.2, -0.15) is 0 Å². The van der Waals surface area contributed by atoms with Gasteiger partial charge in [-0.1, -0.05) is 6.07 Å². The van der Waals surface area contributed by atoms with E-state index in [-0.39, 0.29) is 6.04 Å². The number of aryl methyl sites for hydroxylation is 1. The fraction of sp³-hybridized carbons (Fsp3) is 0.231. The van der Waals surface area contributed by atoms with E-state index < -0.39 is 11.6 Å². The summed E-state index contributed by atoms with van der Waals surface area (Å²) in [5.74, 6) is -1.08. The average Bonchev–Trinajstić information content (AvgIpc) is 2.35. The first kappa shape index (κ1) is 12.6. The van der Waals surface area contributed by atoms with Crippen molar-refractivity contribution >= 4 is 0 Å². The van der Waals surface area contributed by atoms with Gasteiger partial charge in [0, 0.05) is 6.20 Å². The van der Waals surface area contributed by atoms with Crippen LogP contribution in [0.3, 0.4) is 0 Å². The van der Waals surface area contributed by atoms with E-state index in [1.807, 2.05) is 0 Å². The second kappa shape index (κ2) is 5.18. The lowest BCUT2D eigenvalue weighted by molar-refractivity contribution is 0.504. The monoisotopic (exact) mass is 249 g/mol. The lowest BCUT2D eigenvalue weighted by Crippen LogP contribution is -2.19. The van der Waals surface area contributed by atoms with Crippen LogP contribution >= 0.6 is 0 Å². The molecular formula is C13H13F2N3. The molecule has 1 N–H and O–H groups in total. The van der Waals surface area contributed by atoms with Crippen LogP contribution in [0.5, 0.6) is 0 Å². The minimum Gasteiger partial charge on any atom is -0.308 e. The fourth-order valence-corrected chi connectivity index (χ4v) is 1.81. The van der Waals surface area contributed by atoms with Gasteiger partial charge in [-0.3, -0.25) is 0 Å². The van der Waals surface area contributed by atoms with Crippen LogP contribution in [0.2, 0.25) is 0 Å². The van der Waals surface area contributed by atoms with Gasteiger partial charge in [-0.15, -0.1) is 0 Å². The predicted molar refractivity (Wildman–Crippen MR) is 64.0 cm³/mol. The quantitative estimate of drug-likeness (QED) is 0.907. The smallest absolute Gasteiger partial charge is 0.159 e. The summed E-state index contributed by atoms with van der Waals surface area (Å²) in [6.07, 6.45) is 1.64. The Bertz CT molecular complexity index is 558. The molecule has 1 aromatic carbocycles. The van der Waals surface area contributed by atoms with Crippen LogP contribution in [0.15, 0.2) is 30.5 Å². The van der Waals surface area contributed by atoms with Crippen molar-refractivity contribution in [2.75, 3.05) is 7.05 Å². The zero-order chi connectivity index (χ0) is 13.1. The lowest BCUT2D eigenvalue weighted by atomic mass is 10.0. The zero-order valence-electron chi connectivity index (χ0n) is 10.1. The van der Waals surface area contributed by atoms with E-state index in [1.54, 1.807) is 26.2 Å². The maximum atomic E-state index is 13.2. The number of nitrogens with one attached hydrogen (secondary N) is 1. The highest BCUT2D eigenvalue weighted by Crippen LogP contribution is 2.21. The van der Waals surface area contributed by atoms with Gasteiger partial charge in [0.1, 0.15) is 5.82 Å². The summed E-state index contributed by atoms with van der Waals surface area (Å²) in [5, 5.41) is 3.03. The molecule has 0 saturated heterocycles. The van der Waals surface area contributed by atoms with Crippen molar-refractivity contribution in [2.45, 2.75) is 13.0 Å². The van der Waals surface area contributed by atoms with E-state index in [2.05, 4.69) is 15.3 Å². The van der Waals surface area contributed by atoms with Crippen LogP contribution in [-0.4, -0.2) is 17.0 Å². The second-order valence-electron chi connectivity index (χ2n) is 3.92. The SMILES string of the molecule is CNC(c1ccc(F)c(F)c1)c1ccnc(C)n1.